The molecule has 1 fully saturated rings. The van der Waals surface area contributed by atoms with Crippen LogP contribution in [0.2, 0.25) is 0 Å². The van der Waals surface area contributed by atoms with Crippen molar-refractivity contribution in [2.24, 2.45) is 5.92 Å². The Morgan fingerprint density at radius 3 is 2.56 bits per heavy atom. The summed E-state index contributed by atoms with van der Waals surface area (Å²) in [5, 5.41) is 0. The predicted octanol–water partition coefficient (Wildman–Crippen LogP) is 8.83. The summed E-state index contributed by atoms with van der Waals surface area (Å²) < 4.78 is 8.36. The van der Waals surface area contributed by atoms with E-state index in [0.717, 1.165) is 45.4 Å². The van der Waals surface area contributed by atoms with E-state index in [1.54, 1.807) is 11.8 Å². The number of para-hydroxylation sites is 1. The number of rotatable bonds is 2. The van der Waals surface area contributed by atoms with Crippen molar-refractivity contribution in [3.05, 3.63) is 108 Å². The first-order chi connectivity index (χ1) is 19.5. The normalized spacial score (nSPS) is 18.2. The number of allylic oxidation sites excluding steroid dienone is 2. The van der Waals surface area contributed by atoms with Crippen molar-refractivity contribution in [2.45, 2.75) is 58.1 Å². The summed E-state index contributed by atoms with van der Waals surface area (Å²) in [5.74, 6) is 2.60. The van der Waals surface area contributed by atoms with Crippen molar-refractivity contribution in [3.8, 4) is 28.4 Å². The Morgan fingerprint density at radius 2 is 1.76 bits per heavy atom. The SMILES string of the molecule is CC1(C)Oc2cccnc2-c2[c-]cccc21.CC1C=C(C2CCCC2)c2cccc3nc(-c4[c-]cccc4)n1c23.[Ir]. The molecule has 0 N–H and O–H groups in total. The van der Waals surface area contributed by atoms with Gasteiger partial charge in [-0.2, -0.15) is 0 Å². The second-order valence-electron chi connectivity index (χ2n) is 11.5. The minimum Gasteiger partial charge on any atom is -0.500 e. The van der Waals surface area contributed by atoms with Crippen LogP contribution in [0.1, 0.15) is 63.6 Å². The molecule has 1 atom stereocenters. The summed E-state index contributed by atoms with van der Waals surface area (Å²) in [5.41, 5.74) is 9.20. The number of imidazole rings is 1. The molecule has 1 unspecified atom stereocenters. The molecular formula is C36H33IrN3O-2. The van der Waals surface area contributed by atoms with Crippen LogP contribution >= 0.6 is 0 Å². The van der Waals surface area contributed by atoms with Crippen LogP contribution in [0.4, 0.5) is 0 Å². The molecule has 0 amide bonds. The van der Waals surface area contributed by atoms with E-state index >= 15 is 0 Å². The van der Waals surface area contributed by atoms with E-state index in [9.17, 15) is 0 Å². The van der Waals surface area contributed by atoms with Crippen molar-refractivity contribution in [2.75, 3.05) is 0 Å². The van der Waals surface area contributed by atoms with Gasteiger partial charge >= 0.3 is 0 Å². The summed E-state index contributed by atoms with van der Waals surface area (Å²) in [6.07, 6.45) is 9.67. The maximum Gasteiger partial charge on any atom is 0.104 e. The zero-order valence-electron chi connectivity index (χ0n) is 23.6. The fourth-order valence-electron chi connectivity index (χ4n) is 6.64. The van der Waals surface area contributed by atoms with Gasteiger partial charge in [0.2, 0.25) is 0 Å². The smallest absolute Gasteiger partial charge is 0.104 e. The number of pyridine rings is 1. The van der Waals surface area contributed by atoms with Crippen molar-refractivity contribution in [1.82, 2.24) is 14.5 Å². The van der Waals surface area contributed by atoms with Crippen molar-refractivity contribution in [1.29, 1.82) is 0 Å². The van der Waals surface area contributed by atoms with Crippen LogP contribution in [0.15, 0.2) is 85.1 Å². The molecule has 3 aliphatic rings. The molecule has 5 heteroatoms. The molecule has 1 aliphatic carbocycles. The first-order valence-electron chi connectivity index (χ1n) is 14.4. The van der Waals surface area contributed by atoms with Crippen LogP contribution in [0.5, 0.6) is 5.75 Å². The number of aromatic nitrogens is 3. The zero-order chi connectivity index (χ0) is 27.3. The summed E-state index contributed by atoms with van der Waals surface area (Å²) in [6.45, 7) is 6.42. The maximum atomic E-state index is 5.96. The topological polar surface area (TPSA) is 39.9 Å². The van der Waals surface area contributed by atoms with Crippen molar-refractivity contribution >= 4 is 16.6 Å². The Hall–Kier alpha value is -3.53. The van der Waals surface area contributed by atoms with Crippen LogP contribution in [-0.2, 0) is 25.7 Å². The molecule has 8 rings (SSSR count). The van der Waals surface area contributed by atoms with E-state index in [1.165, 1.54) is 36.8 Å². The minimum atomic E-state index is -0.316. The third-order valence-corrected chi connectivity index (χ3v) is 8.47. The number of ether oxygens (including phenoxy) is 1. The van der Waals surface area contributed by atoms with E-state index in [4.69, 9.17) is 9.72 Å². The fraction of sp³-hybridized carbons (Fsp3) is 0.278. The number of nitrogens with zero attached hydrogens (tertiary/aromatic N) is 3. The molecule has 4 nitrogen and oxygen atoms in total. The van der Waals surface area contributed by atoms with Gasteiger partial charge in [-0.15, -0.1) is 65.7 Å². The van der Waals surface area contributed by atoms with Gasteiger partial charge in [0.25, 0.3) is 0 Å². The molecule has 1 radical (unpaired) electrons. The van der Waals surface area contributed by atoms with Crippen molar-refractivity contribution < 1.29 is 24.8 Å². The van der Waals surface area contributed by atoms with E-state index in [-0.39, 0.29) is 25.7 Å². The molecule has 0 bridgehead atoms. The van der Waals surface area contributed by atoms with E-state index < -0.39 is 0 Å². The average molecular weight is 716 g/mol. The van der Waals surface area contributed by atoms with Gasteiger partial charge in [0.15, 0.2) is 0 Å². The molecule has 1 saturated carbocycles. The van der Waals surface area contributed by atoms with Crippen LogP contribution in [0.25, 0.3) is 39.3 Å². The average Bonchev–Trinajstić information content (AvgIpc) is 3.65. The van der Waals surface area contributed by atoms with Gasteiger partial charge < -0.3 is 14.3 Å². The Labute approximate surface area is 255 Å². The van der Waals surface area contributed by atoms with Crippen LogP contribution in [-0.4, -0.2) is 14.5 Å². The molecule has 2 aliphatic heterocycles. The number of hydrogen-bond acceptors (Lipinski definition) is 3. The van der Waals surface area contributed by atoms with Gasteiger partial charge in [-0.05, 0) is 63.3 Å². The second-order valence-corrected chi connectivity index (χ2v) is 11.5. The van der Waals surface area contributed by atoms with Crippen molar-refractivity contribution in [3.63, 3.8) is 0 Å². The van der Waals surface area contributed by atoms with Crippen LogP contribution in [0, 0.1) is 18.1 Å². The summed E-state index contributed by atoms with van der Waals surface area (Å²) in [6, 6.07) is 31.5. The van der Waals surface area contributed by atoms with E-state index in [0.29, 0.717) is 6.04 Å². The van der Waals surface area contributed by atoms with Gasteiger partial charge in [0.05, 0.1) is 22.5 Å². The molecule has 0 spiro atoms. The van der Waals surface area contributed by atoms with Gasteiger partial charge in [0.1, 0.15) is 5.75 Å². The quantitative estimate of drug-likeness (QED) is 0.172. The van der Waals surface area contributed by atoms with E-state index in [1.807, 2.05) is 36.4 Å². The summed E-state index contributed by atoms with van der Waals surface area (Å²) >= 11 is 0. The Kier molecular flexibility index (Phi) is 7.44. The number of benzene rings is 3. The van der Waals surface area contributed by atoms with E-state index in [2.05, 4.69) is 84.9 Å². The number of fused-ring (bicyclic) bond motifs is 3. The zero-order valence-corrected chi connectivity index (χ0v) is 26.0. The molecule has 0 saturated heterocycles. The Balaban J connectivity index is 0.000000156. The second kappa shape index (κ2) is 11.0. The van der Waals surface area contributed by atoms with Gasteiger partial charge in [-0.1, -0.05) is 36.6 Å². The summed E-state index contributed by atoms with van der Waals surface area (Å²) in [4.78, 5) is 9.33. The van der Waals surface area contributed by atoms with Gasteiger partial charge in [0, 0.05) is 43.6 Å². The molecule has 3 aromatic carbocycles. The third kappa shape index (κ3) is 4.86. The first-order valence-corrected chi connectivity index (χ1v) is 14.4. The maximum absolute atomic E-state index is 5.96. The monoisotopic (exact) mass is 716 g/mol. The molecule has 209 valence electrons. The fourth-order valence-corrected chi connectivity index (χ4v) is 6.64. The predicted molar refractivity (Wildman–Crippen MR) is 161 cm³/mol. The first kappa shape index (κ1) is 27.6. The standard InChI is InChI=1S/C22H21N2.C14H12NO.Ir/c1-15-14-19(16-8-5-6-9-16)18-12-7-13-20-21(18)24(15)22(23-20)17-10-3-2-4-11-17;1-14(2)11-7-4-3-6-10(11)13-12(16-14)8-5-9-15-13;/h2-4,7,10,12-16H,5-6,8-9H2,1H3;3-5,7-9H,1-2H3;/q2*-1;. The number of hydrogen-bond donors (Lipinski definition) is 0. The largest absolute Gasteiger partial charge is 0.500 e. The molecule has 5 aromatic rings. The molecule has 41 heavy (non-hydrogen) atoms. The summed E-state index contributed by atoms with van der Waals surface area (Å²) in [7, 11) is 0. The molecule has 2 aromatic heterocycles. The molecule has 4 heterocycles. The third-order valence-electron chi connectivity index (χ3n) is 8.47. The molecular weight excluding hydrogens is 683 g/mol. The Bertz CT molecular complexity index is 1730. The Morgan fingerprint density at radius 1 is 0.927 bits per heavy atom. The minimum absolute atomic E-state index is 0. The van der Waals surface area contributed by atoms with Gasteiger partial charge in [-0.25, -0.2) is 0 Å². The van der Waals surface area contributed by atoms with Crippen LogP contribution < -0.4 is 4.74 Å². The van der Waals surface area contributed by atoms with Crippen LogP contribution in [0.3, 0.4) is 0 Å². The van der Waals surface area contributed by atoms with Gasteiger partial charge in [-0.3, -0.25) is 4.98 Å².